The van der Waals surface area contributed by atoms with Gasteiger partial charge in [0.25, 0.3) is 5.91 Å². The van der Waals surface area contributed by atoms with Gasteiger partial charge in [0, 0.05) is 18.1 Å². The van der Waals surface area contributed by atoms with Gasteiger partial charge in [-0.2, -0.15) is 0 Å². The van der Waals surface area contributed by atoms with E-state index in [1.807, 2.05) is 67.3 Å². The lowest BCUT2D eigenvalue weighted by Crippen LogP contribution is -2.48. The molecule has 0 aliphatic carbocycles. The van der Waals surface area contributed by atoms with Crippen LogP contribution in [0.3, 0.4) is 0 Å². The normalized spacial score (nSPS) is 20.4. The lowest BCUT2D eigenvalue weighted by molar-refractivity contribution is -0.0586. The smallest absolute Gasteiger partial charge is 0.257 e. The highest BCUT2D eigenvalue weighted by Crippen LogP contribution is 2.23. The minimum absolute atomic E-state index is 0.0197. The van der Waals surface area contributed by atoms with Gasteiger partial charge in [0.15, 0.2) is 0 Å². The standard InChI is InChI=1S/C20H22ClNO3/c1-14-11-22(12-15(2)25-14)20(23)18-5-3-4-6-19(18)24-13-16-7-9-17(21)10-8-16/h3-10,14-15H,11-13H2,1-2H3. The molecule has 25 heavy (non-hydrogen) atoms. The number of morpholine rings is 1. The van der Waals surface area contributed by atoms with Crippen LogP contribution in [0.1, 0.15) is 29.8 Å². The molecule has 2 aromatic carbocycles. The maximum absolute atomic E-state index is 12.9. The molecule has 1 fully saturated rings. The van der Waals surface area contributed by atoms with Crippen molar-refractivity contribution >= 4 is 17.5 Å². The van der Waals surface area contributed by atoms with E-state index in [9.17, 15) is 4.79 Å². The average Bonchev–Trinajstić information content (AvgIpc) is 2.60. The van der Waals surface area contributed by atoms with Crippen LogP contribution in [0.25, 0.3) is 0 Å². The number of nitrogens with zero attached hydrogens (tertiary/aromatic N) is 1. The molecule has 0 saturated carbocycles. The lowest BCUT2D eigenvalue weighted by atomic mass is 10.1. The van der Waals surface area contributed by atoms with E-state index in [0.29, 0.717) is 36.0 Å². The summed E-state index contributed by atoms with van der Waals surface area (Å²) >= 11 is 5.90. The number of para-hydroxylation sites is 1. The molecule has 0 aromatic heterocycles. The fourth-order valence-electron chi connectivity index (χ4n) is 3.02. The highest BCUT2D eigenvalue weighted by Gasteiger charge is 2.28. The number of ether oxygens (including phenoxy) is 2. The summed E-state index contributed by atoms with van der Waals surface area (Å²) in [5.74, 6) is 0.572. The van der Waals surface area contributed by atoms with Crippen LogP contribution < -0.4 is 4.74 Å². The summed E-state index contributed by atoms with van der Waals surface area (Å²) in [6.07, 6.45) is 0.0738. The third kappa shape index (κ3) is 4.53. The zero-order valence-corrected chi connectivity index (χ0v) is 15.2. The molecule has 0 N–H and O–H groups in total. The van der Waals surface area contributed by atoms with Gasteiger partial charge in [0.2, 0.25) is 0 Å². The highest BCUT2D eigenvalue weighted by atomic mass is 35.5. The van der Waals surface area contributed by atoms with Crippen LogP contribution in [-0.4, -0.2) is 36.1 Å². The molecule has 1 heterocycles. The van der Waals surface area contributed by atoms with Crippen LogP contribution in [0.4, 0.5) is 0 Å². The monoisotopic (exact) mass is 359 g/mol. The third-order valence-corrected chi connectivity index (χ3v) is 4.38. The highest BCUT2D eigenvalue weighted by molar-refractivity contribution is 6.30. The van der Waals surface area contributed by atoms with Crippen LogP contribution in [0.2, 0.25) is 5.02 Å². The summed E-state index contributed by atoms with van der Waals surface area (Å²) in [5, 5.41) is 0.690. The number of carbonyl (C=O) groups excluding carboxylic acids is 1. The number of amides is 1. The molecule has 2 atom stereocenters. The second-order valence-electron chi connectivity index (χ2n) is 6.38. The Hall–Kier alpha value is -2.04. The van der Waals surface area contributed by atoms with Crippen molar-refractivity contribution < 1.29 is 14.3 Å². The second-order valence-corrected chi connectivity index (χ2v) is 6.82. The van der Waals surface area contributed by atoms with Gasteiger partial charge in [-0.1, -0.05) is 35.9 Å². The Morgan fingerprint density at radius 1 is 1.12 bits per heavy atom. The van der Waals surface area contributed by atoms with Crippen LogP contribution in [0.15, 0.2) is 48.5 Å². The van der Waals surface area contributed by atoms with Crippen LogP contribution in [0, 0.1) is 0 Å². The zero-order chi connectivity index (χ0) is 17.8. The number of hydrogen-bond donors (Lipinski definition) is 0. The van der Waals surface area contributed by atoms with Crippen molar-refractivity contribution in [2.24, 2.45) is 0 Å². The molecular weight excluding hydrogens is 338 g/mol. The molecule has 132 valence electrons. The van der Waals surface area contributed by atoms with E-state index in [2.05, 4.69) is 0 Å². The van der Waals surface area contributed by atoms with E-state index < -0.39 is 0 Å². The van der Waals surface area contributed by atoms with Gasteiger partial charge in [-0.15, -0.1) is 0 Å². The van der Waals surface area contributed by atoms with Crippen molar-refractivity contribution in [1.29, 1.82) is 0 Å². The molecule has 4 nitrogen and oxygen atoms in total. The van der Waals surface area contributed by atoms with E-state index in [4.69, 9.17) is 21.1 Å². The maximum atomic E-state index is 12.9. The molecule has 3 rings (SSSR count). The van der Waals surface area contributed by atoms with Gasteiger partial charge in [0.1, 0.15) is 12.4 Å². The summed E-state index contributed by atoms with van der Waals surface area (Å²) in [5.41, 5.74) is 1.58. The SMILES string of the molecule is CC1CN(C(=O)c2ccccc2OCc2ccc(Cl)cc2)CC(C)O1. The Morgan fingerprint density at radius 3 is 2.44 bits per heavy atom. The first-order valence-electron chi connectivity index (χ1n) is 8.44. The summed E-state index contributed by atoms with van der Waals surface area (Å²) < 4.78 is 11.6. The molecule has 0 radical (unpaired) electrons. The van der Waals surface area contributed by atoms with E-state index in [1.165, 1.54) is 0 Å². The molecule has 5 heteroatoms. The van der Waals surface area contributed by atoms with E-state index in [0.717, 1.165) is 5.56 Å². The number of benzene rings is 2. The van der Waals surface area contributed by atoms with E-state index in [1.54, 1.807) is 0 Å². The molecule has 0 spiro atoms. The fraction of sp³-hybridized carbons (Fsp3) is 0.350. The summed E-state index contributed by atoms with van der Waals surface area (Å²) in [7, 11) is 0. The Morgan fingerprint density at radius 2 is 1.76 bits per heavy atom. The van der Waals surface area contributed by atoms with Crippen molar-refractivity contribution in [1.82, 2.24) is 4.90 Å². The van der Waals surface area contributed by atoms with Crippen molar-refractivity contribution in [3.63, 3.8) is 0 Å². The number of halogens is 1. The minimum Gasteiger partial charge on any atom is -0.488 e. The van der Waals surface area contributed by atoms with Crippen molar-refractivity contribution in [3.05, 3.63) is 64.7 Å². The molecule has 0 bridgehead atoms. The van der Waals surface area contributed by atoms with Crippen molar-refractivity contribution in [2.75, 3.05) is 13.1 Å². The molecule has 1 aliphatic heterocycles. The summed E-state index contributed by atoms with van der Waals surface area (Å²) in [6, 6.07) is 14.9. The predicted octanol–water partition coefficient (Wildman–Crippen LogP) is 4.17. The van der Waals surface area contributed by atoms with Gasteiger partial charge in [0.05, 0.1) is 17.8 Å². The molecule has 1 amide bonds. The Labute approximate surface area is 153 Å². The lowest BCUT2D eigenvalue weighted by Gasteiger charge is -2.35. The minimum atomic E-state index is -0.0197. The maximum Gasteiger partial charge on any atom is 0.257 e. The van der Waals surface area contributed by atoms with Crippen LogP contribution in [0.5, 0.6) is 5.75 Å². The van der Waals surface area contributed by atoms with E-state index in [-0.39, 0.29) is 18.1 Å². The number of rotatable bonds is 4. The van der Waals surface area contributed by atoms with Gasteiger partial charge in [-0.25, -0.2) is 0 Å². The number of carbonyl (C=O) groups is 1. The van der Waals surface area contributed by atoms with Gasteiger partial charge in [-0.3, -0.25) is 4.79 Å². The molecule has 1 aliphatic rings. The zero-order valence-electron chi connectivity index (χ0n) is 14.4. The Bertz CT molecular complexity index is 722. The number of hydrogen-bond acceptors (Lipinski definition) is 3. The Kier molecular flexibility index (Phi) is 5.61. The fourth-order valence-corrected chi connectivity index (χ4v) is 3.15. The van der Waals surface area contributed by atoms with Crippen LogP contribution in [-0.2, 0) is 11.3 Å². The summed E-state index contributed by atoms with van der Waals surface area (Å²) in [6.45, 7) is 5.54. The quantitative estimate of drug-likeness (QED) is 0.822. The van der Waals surface area contributed by atoms with Gasteiger partial charge in [-0.05, 0) is 43.7 Å². The first-order chi connectivity index (χ1) is 12.0. The molecule has 2 unspecified atom stereocenters. The molecule has 1 saturated heterocycles. The Balaban J connectivity index is 1.73. The third-order valence-electron chi connectivity index (χ3n) is 4.13. The molecule has 2 aromatic rings. The van der Waals surface area contributed by atoms with Gasteiger partial charge >= 0.3 is 0 Å². The molecular formula is C20H22ClNO3. The van der Waals surface area contributed by atoms with Crippen molar-refractivity contribution in [2.45, 2.75) is 32.7 Å². The first kappa shape index (κ1) is 17.8. The summed E-state index contributed by atoms with van der Waals surface area (Å²) in [4.78, 5) is 14.8. The first-order valence-corrected chi connectivity index (χ1v) is 8.81. The van der Waals surface area contributed by atoms with E-state index >= 15 is 0 Å². The van der Waals surface area contributed by atoms with Gasteiger partial charge < -0.3 is 14.4 Å². The van der Waals surface area contributed by atoms with Crippen molar-refractivity contribution in [3.8, 4) is 5.75 Å². The van der Waals surface area contributed by atoms with Crippen LogP contribution >= 0.6 is 11.6 Å². The average molecular weight is 360 g/mol. The largest absolute Gasteiger partial charge is 0.488 e. The predicted molar refractivity (Wildman–Crippen MR) is 98.1 cm³/mol. The second kappa shape index (κ2) is 7.89. The topological polar surface area (TPSA) is 38.8 Å².